The Balaban J connectivity index is 1.54. The highest BCUT2D eigenvalue weighted by atomic mass is 32.2. The molecule has 1 atom stereocenters. The minimum Gasteiger partial charge on any atom is -0.449 e. The van der Waals surface area contributed by atoms with Crippen LogP contribution >= 0.6 is 0 Å². The molecule has 2 aliphatic heterocycles. The molecule has 1 aromatic heterocycles. The number of anilines is 2. The summed E-state index contributed by atoms with van der Waals surface area (Å²) in [6.07, 6.45) is 2.56. The van der Waals surface area contributed by atoms with E-state index >= 15 is 0 Å². The van der Waals surface area contributed by atoms with E-state index < -0.39 is 28.0 Å². The number of hydrogen-bond acceptors (Lipinski definition) is 8. The average Bonchev–Trinajstić information content (AvgIpc) is 3.02. The number of esters is 1. The fourth-order valence-electron chi connectivity index (χ4n) is 3.76. The van der Waals surface area contributed by atoms with Gasteiger partial charge in [-0.15, -0.1) is 4.40 Å². The number of benzene rings is 1. The molecule has 1 saturated heterocycles. The SMILES string of the molecule is CC[C@@H](OC(=O)c1ccc2c(c1)S(=O)(=O)N=C1CCCCCN12)C(=O)Nc1cc(C)on1. The van der Waals surface area contributed by atoms with Crippen LogP contribution in [0.3, 0.4) is 0 Å². The van der Waals surface area contributed by atoms with Gasteiger partial charge in [0.1, 0.15) is 16.5 Å². The van der Waals surface area contributed by atoms with E-state index in [-0.39, 0.29) is 22.7 Å². The summed E-state index contributed by atoms with van der Waals surface area (Å²) in [7, 11) is -3.93. The molecule has 1 fully saturated rings. The molecule has 0 spiro atoms. The van der Waals surface area contributed by atoms with Gasteiger partial charge in [0.25, 0.3) is 15.9 Å². The molecule has 1 amide bonds. The summed E-state index contributed by atoms with van der Waals surface area (Å²) in [5.41, 5.74) is 0.545. The average molecular weight is 461 g/mol. The van der Waals surface area contributed by atoms with Gasteiger partial charge in [0.2, 0.25) is 0 Å². The van der Waals surface area contributed by atoms with Gasteiger partial charge in [-0.25, -0.2) is 4.79 Å². The summed E-state index contributed by atoms with van der Waals surface area (Å²) < 4.78 is 39.8. The molecule has 0 bridgehead atoms. The Morgan fingerprint density at radius 2 is 2.06 bits per heavy atom. The van der Waals surface area contributed by atoms with Crippen LogP contribution in [0, 0.1) is 6.92 Å². The van der Waals surface area contributed by atoms with Crippen molar-refractivity contribution in [2.75, 3.05) is 16.8 Å². The topological polar surface area (TPSA) is 131 Å². The normalized spacial score (nSPS) is 17.9. The number of hydrogen-bond donors (Lipinski definition) is 1. The molecule has 0 unspecified atom stereocenters. The highest BCUT2D eigenvalue weighted by molar-refractivity contribution is 7.90. The van der Waals surface area contributed by atoms with E-state index in [1.165, 1.54) is 12.1 Å². The van der Waals surface area contributed by atoms with Crippen molar-refractivity contribution in [1.29, 1.82) is 0 Å². The Kier molecular flexibility index (Phi) is 6.00. The van der Waals surface area contributed by atoms with Crippen LogP contribution in [-0.4, -0.2) is 43.9 Å². The van der Waals surface area contributed by atoms with E-state index in [2.05, 4.69) is 14.9 Å². The maximum Gasteiger partial charge on any atom is 0.338 e. The minimum atomic E-state index is -3.93. The fourth-order valence-corrected chi connectivity index (χ4v) is 5.04. The van der Waals surface area contributed by atoms with E-state index in [9.17, 15) is 18.0 Å². The first-order chi connectivity index (χ1) is 15.3. The van der Waals surface area contributed by atoms with Gasteiger partial charge in [0, 0.05) is 19.0 Å². The Hall–Kier alpha value is -3.21. The largest absolute Gasteiger partial charge is 0.449 e. The molecule has 32 heavy (non-hydrogen) atoms. The Morgan fingerprint density at radius 3 is 2.78 bits per heavy atom. The lowest BCUT2D eigenvalue weighted by Gasteiger charge is -2.29. The van der Waals surface area contributed by atoms with Crippen LogP contribution in [0.1, 0.15) is 55.1 Å². The van der Waals surface area contributed by atoms with Crippen molar-refractivity contribution in [1.82, 2.24) is 5.16 Å². The van der Waals surface area contributed by atoms with Crippen LogP contribution < -0.4 is 10.2 Å². The molecule has 3 heterocycles. The first kappa shape index (κ1) is 22.0. The molecule has 0 radical (unpaired) electrons. The van der Waals surface area contributed by atoms with Crippen LogP contribution in [0.4, 0.5) is 11.5 Å². The lowest BCUT2D eigenvalue weighted by atomic mass is 10.1. The summed E-state index contributed by atoms with van der Waals surface area (Å²) >= 11 is 0. The molecular weight excluding hydrogens is 436 g/mol. The number of sulfonamides is 1. The standard InChI is InChI=1S/C21H24N4O6S/c1-3-16(20(26)22-18-11-13(2)31-23-18)30-21(27)14-8-9-15-17(12-14)32(28,29)24-19-7-5-4-6-10-25(15)19/h8-9,11-12,16H,3-7,10H2,1-2H3,(H,22,23,26)/t16-/m1/s1. The third kappa shape index (κ3) is 4.38. The number of fused-ring (bicyclic) bond motifs is 3. The van der Waals surface area contributed by atoms with Crippen molar-refractivity contribution in [2.45, 2.75) is 57.0 Å². The summed E-state index contributed by atoms with van der Waals surface area (Å²) in [4.78, 5) is 27.1. The molecule has 2 aromatic rings. The van der Waals surface area contributed by atoms with Gasteiger partial charge < -0.3 is 19.5 Å². The number of carbonyl (C=O) groups excluding carboxylic acids is 2. The lowest BCUT2D eigenvalue weighted by molar-refractivity contribution is -0.124. The van der Waals surface area contributed by atoms with Crippen LogP contribution in [0.15, 0.2) is 38.1 Å². The quantitative estimate of drug-likeness (QED) is 0.674. The molecule has 10 nitrogen and oxygen atoms in total. The van der Waals surface area contributed by atoms with Gasteiger partial charge in [0.05, 0.1) is 11.3 Å². The van der Waals surface area contributed by atoms with Gasteiger partial charge in [0.15, 0.2) is 11.9 Å². The van der Waals surface area contributed by atoms with Crippen LogP contribution in [0.2, 0.25) is 0 Å². The molecule has 1 N–H and O–H groups in total. The Morgan fingerprint density at radius 1 is 1.25 bits per heavy atom. The molecule has 170 valence electrons. The van der Waals surface area contributed by atoms with Crippen molar-refractivity contribution >= 4 is 39.2 Å². The van der Waals surface area contributed by atoms with Crippen molar-refractivity contribution in [3.8, 4) is 0 Å². The number of ether oxygens (including phenoxy) is 1. The second-order valence-electron chi connectivity index (χ2n) is 7.74. The molecule has 0 saturated carbocycles. The molecule has 1 aromatic carbocycles. The smallest absolute Gasteiger partial charge is 0.338 e. The molecule has 0 aliphatic carbocycles. The predicted molar refractivity (Wildman–Crippen MR) is 116 cm³/mol. The van der Waals surface area contributed by atoms with Gasteiger partial charge in [-0.2, -0.15) is 8.42 Å². The van der Waals surface area contributed by atoms with E-state index in [1.807, 2.05) is 4.90 Å². The summed E-state index contributed by atoms with van der Waals surface area (Å²) in [5, 5.41) is 6.21. The zero-order valence-electron chi connectivity index (χ0n) is 17.8. The van der Waals surface area contributed by atoms with Crippen molar-refractivity contribution in [3.63, 3.8) is 0 Å². The van der Waals surface area contributed by atoms with Gasteiger partial charge in [-0.3, -0.25) is 4.79 Å². The lowest BCUT2D eigenvalue weighted by Crippen LogP contribution is -2.35. The number of aromatic nitrogens is 1. The molecule has 2 aliphatic rings. The minimum absolute atomic E-state index is 0.0318. The van der Waals surface area contributed by atoms with Crippen molar-refractivity contribution in [3.05, 3.63) is 35.6 Å². The maximum absolute atomic E-state index is 12.8. The fraction of sp³-hybridized carbons (Fsp3) is 0.429. The highest BCUT2D eigenvalue weighted by Crippen LogP contribution is 2.35. The Bertz CT molecular complexity index is 1190. The monoisotopic (exact) mass is 460 g/mol. The summed E-state index contributed by atoms with van der Waals surface area (Å²) in [6.45, 7) is 4.05. The van der Waals surface area contributed by atoms with E-state index in [1.54, 1.807) is 26.0 Å². The first-order valence-electron chi connectivity index (χ1n) is 10.5. The molecule has 4 rings (SSSR count). The summed E-state index contributed by atoms with van der Waals surface area (Å²) in [6, 6.07) is 5.92. The molecular formula is C21H24N4O6S. The third-order valence-corrected chi connectivity index (χ3v) is 6.71. The second-order valence-corrected chi connectivity index (χ2v) is 9.31. The maximum atomic E-state index is 12.8. The Labute approximate surface area is 185 Å². The van der Waals surface area contributed by atoms with Gasteiger partial charge in [-0.05, 0) is 44.4 Å². The number of aryl methyl sites for hydroxylation is 1. The first-order valence-corrected chi connectivity index (χ1v) is 11.9. The van der Waals surface area contributed by atoms with Crippen LogP contribution in [0.25, 0.3) is 0 Å². The highest BCUT2D eigenvalue weighted by Gasteiger charge is 2.33. The number of amidine groups is 1. The van der Waals surface area contributed by atoms with E-state index in [0.717, 1.165) is 19.3 Å². The third-order valence-electron chi connectivity index (χ3n) is 5.38. The molecule has 11 heteroatoms. The zero-order chi connectivity index (χ0) is 22.9. The number of nitrogens with one attached hydrogen (secondary N) is 1. The predicted octanol–water partition coefficient (Wildman–Crippen LogP) is 3.04. The van der Waals surface area contributed by atoms with E-state index in [0.29, 0.717) is 30.2 Å². The summed E-state index contributed by atoms with van der Waals surface area (Å²) in [5.74, 6) is -0.0783. The number of rotatable bonds is 5. The van der Waals surface area contributed by atoms with Crippen molar-refractivity contribution < 1.29 is 27.3 Å². The number of amides is 1. The zero-order valence-corrected chi connectivity index (χ0v) is 18.6. The van der Waals surface area contributed by atoms with Crippen LogP contribution in [0.5, 0.6) is 0 Å². The van der Waals surface area contributed by atoms with Crippen LogP contribution in [-0.2, 0) is 19.6 Å². The van der Waals surface area contributed by atoms with Crippen molar-refractivity contribution in [2.24, 2.45) is 4.40 Å². The second kappa shape index (κ2) is 8.73. The van der Waals surface area contributed by atoms with E-state index in [4.69, 9.17) is 9.26 Å². The number of carbonyl (C=O) groups is 2. The number of nitrogens with zero attached hydrogens (tertiary/aromatic N) is 3. The van der Waals surface area contributed by atoms with Gasteiger partial charge in [-0.1, -0.05) is 18.5 Å². The van der Waals surface area contributed by atoms with Gasteiger partial charge >= 0.3 is 5.97 Å².